The van der Waals surface area contributed by atoms with Crippen LogP contribution < -0.4 is 9.47 Å². The van der Waals surface area contributed by atoms with Gasteiger partial charge in [-0.25, -0.2) is 9.97 Å². The number of ether oxygens (including phenoxy) is 2. The van der Waals surface area contributed by atoms with Gasteiger partial charge in [0.1, 0.15) is 12.1 Å². The Hall–Kier alpha value is -3.54. The first-order valence-electron chi connectivity index (χ1n) is 8.57. The third-order valence-corrected chi connectivity index (χ3v) is 4.27. The van der Waals surface area contributed by atoms with Gasteiger partial charge in [-0.2, -0.15) is 0 Å². The van der Waals surface area contributed by atoms with Crippen LogP contribution in [-0.2, 0) is 13.2 Å². The summed E-state index contributed by atoms with van der Waals surface area (Å²) in [6, 6.07) is 17.1. The summed E-state index contributed by atoms with van der Waals surface area (Å²) in [5.41, 5.74) is 3.50. The van der Waals surface area contributed by atoms with Gasteiger partial charge in [-0.3, -0.25) is 0 Å². The van der Waals surface area contributed by atoms with Crippen LogP contribution in [0.4, 0.5) is 0 Å². The van der Waals surface area contributed by atoms with Crippen molar-refractivity contribution in [2.75, 3.05) is 7.11 Å². The van der Waals surface area contributed by atoms with Crippen LogP contribution in [0.3, 0.4) is 0 Å². The number of phenols is 1. The number of hydrogen-bond donors (Lipinski definition) is 1. The molecule has 0 fully saturated rings. The van der Waals surface area contributed by atoms with Crippen LogP contribution in [0.2, 0.25) is 0 Å². The van der Waals surface area contributed by atoms with Crippen LogP contribution in [0.5, 0.6) is 17.2 Å². The Morgan fingerprint density at radius 3 is 2.67 bits per heavy atom. The second kappa shape index (κ2) is 7.37. The first-order chi connectivity index (χ1) is 13.2. The lowest BCUT2D eigenvalue weighted by atomic mass is 10.1. The highest BCUT2D eigenvalue weighted by atomic mass is 16.5. The molecule has 136 valence electrons. The highest BCUT2D eigenvalue weighted by Gasteiger charge is 2.14. The van der Waals surface area contributed by atoms with Crippen LogP contribution in [0.1, 0.15) is 11.1 Å². The highest BCUT2D eigenvalue weighted by molar-refractivity contribution is 5.70. The Morgan fingerprint density at radius 2 is 1.85 bits per heavy atom. The summed E-state index contributed by atoms with van der Waals surface area (Å²) >= 11 is 0. The van der Waals surface area contributed by atoms with Crippen molar-refractivity contribution in [3.8, 4) is 17.2 Å². The molecule has 0 saturated carbocycles. The zero-order valence-corrected chi connectivity index (χ0v) is 14.9. The van der Waals surface area contributed by atoms with Gasteiger partial charge in [0.05, 0.1) is 20.0 Å². The van der Waals surface area contributed by atoms with Crippen LogP contribution in [0.25, 0.3) is 11.2 Å². The topological polar surface area (TPSA) is 69.4 Å². The Kier molecular flexibility index (Phi) is 4.61. The lowest BCUT2D eigenvalue weighted by Crippen LogP contribution is -2.02. The molecule has 4 rings (SSSR count). The molecule has 4 aromatic rings. The van der Waals surface area contributed by atoms with Gasteiger partial charge in [-0.15, -0.1) is 0 Å². The molecule has 0 aliphatic carbocycles. The van der Waals surface area contributed by atoms with E-state index in [9.17, 15) is 5.11 Å². The van der Waals surface area contributed by atoms with Crippen molar-refractivity contribution in [2.45, 2.75) is 13.2 Å². The fourth-order valence-corrected chi connectivity index (χ4v) is 2.97. The van der Waals surface area contributed by atoms with Crippen molar-refractivity contribution in [3.05, 3.63) is 78.2 Å². The first kappa shape index (κ1) is 16.9. The third kappa shape index (κ3) is 3.55. The van der Waals surface area contributed by atoms with Crippen LogP contribution >= 0.6 is 0 Å². The number of fused-ring (bicyclic) bond motifs is 1. The predicted octanol–water partition coefficient (Wildman–Crippen LogP) is 3.77. The Balaban J connectivity index is 1.59. The second-order valence-corrected chi connectivity index (χ2v) is 6.14. The molecular weight excluding hydrogens is 342 g/mol. The Labute approximate surface area is 156 Å². The lowest BCUT2D eigenvalue weighted by Gasteiger charge is -2.14. The van der Waals surface area contributed by atoms with Gasteiger partial charge in [0.15, 0.2) is 17.1 Å². The molecule has 2 aromatic heterocycles. The standard InChI is InChI=1S/C21H19N3O3/c1-26-19-11-16(12-24-14-23-17-8-5-9-22-21(17)24)10-18(25)20(19)27-13-15-6-3-2-4-7-15/h2-11,14,25H,12-13H2,1H3. The Bertz CT molecular complexity index is 1060. The number of pyridine rings is 1. The normalized spacial score (nSPS) is 10.9. The minimum atomic E-state index is 0.0395. The maximum absolute atomic E-state index is 10.5. The SMILES string of the molecule is COc1cc(Cn2cnc3cccnc32)cc(O)c1OCc1ccccc1. The summed E-state index contributed by atoms with van der Waals surface area (Å²) in [7, 11) is 1.56. The highest BCUT2D eigenvalue weighted by Crippen LogP contribution is 2.38. The van der Waals surface area contributed by atoms with E-state index in [4.69, 9.17) is 9.47 Å². The molecule has 0 unspecified atom stereocenters. The van der Waals surface area contributed by atoms with Gasteiger partial charge in [0.25, 0.3) is 0 Å². The fraction of sp³-hybridized carbons (Fsp3) is 0.143. The number of aromatic hydroxyl groups is 1. The molecule has 0 amide bonds. The quantitative estimate of drug-likeness (QED) is 0.566. The largest absolute Gasteiger partial charge is 0.504 e. The molecule has 6 heteroatoms. The number of imidazole rings is 1. The van der Waals surface area contributed by atoms with E-state index in [1.54, 1.807) is 25.7 Å². The van der Waals surface area contributed by atoms with E-state index in [0.29, 0.717) is 24.7 Å². The number of phenolic OH excluding ortho intramolecular Hbond substituents is 1. The zero-order valence-electron chi connectivity index (χ0n) is 14.9. The summed E-state index contributed by atoms with van der Waals surface area (Å²) in [6.07, 6.45) is 3.47. The number of nitrogens with zero attached hydrogens (tertiary/aromatic N) is 3. The first-order valence-corrected chi connectivity index (χ1v) is 8.57. The van der Waals surface area contributed by atoms with E-state index < -0.39 is 0 Å². The molecule has 0 radical (unpaired) electrons. The van der Waals surface area contributed by atoms with Crippen molar-refractivity contribution in [2.24, 2.45) is 0 Å². The van der Waals surface area contributed by atoms with Crippen molar-refractivity contribution in [1.82, 2.24) is 14.5 Å². The van der Waals surface area contributed by atoms with Crippen LogP contribution in [0, 0.1) is 0 Å². The molecule has 0 aliphatic rings. The van der Waals surface area contributed by atoms with Gasteiger partial charge in [0.2, 0.25) is 5.75 Å². The molecule has 27 heavy (non-hydrogen) atoms. The smallest absolute Gasteiger partial charge is 0.203 e. The van der Waals surface area contributed by atoms with E-state index in [-0.39, 0.29) is 5.75 Å². The summed E-state index contributed by atoms with van der Waals surface area (Å²) in [5.74, 6) is 0.856. The molecule has 1 N–H and O–H groups in total. The minimum Gasteiger partial charge on any atom is -0.504 e. The predicted molar refractivity (Wildman–Crippen MR) is 102 cm³/mol. The molecule has 0 saturated heterocycles. The van der Waals surface area contributed by atoms with Gasteiger partial charge in [0, 0.05) is 6.20 Å². The van der Waals surface area contributed by atoms with E-state index in [2.05, 4.69) is 9.97 Å². The van der Waals surface area contributed by atoms with Gasteiger partial charge < -0.3 is 19.1 Å². The van der Waals surface area contributed by atoms with E-state index in [1.807, 2.05) is 53.1 Å². The van der Waals surface area contributed by atoms with Crippen molar-refractivity contribution in [1.29, 1.82) is 0 Å². The number of aromatic nitrogens is 3. The van der Waals surface area contributed by atoms with Gasteiger partial charge >= 0.3 is 0 Å². The lowest BCUT2D eigenvalue weighted by molar-refractivity contribution is 0.269. The summed E-state index contributed by atoms with van der Waals surface area (Å²) in [4.78, 5) is 8.71. The summed E-state index contributed by atoms with van der Waals surface area (Å²) < 4.78 is 13.2. The molecule has 0 atom stereocenters. The molecule has 2 aromatic carbocycles. The number of methoxy groups -OCH3 is 1. The van der Waals surface area contributed by atoms with Crippen LogP contribution in [0.15, 0.2) is 67.1 Å². The van der Waals surface area contributed by atoms with Gasteiger partial charge in [-0.1, -0.05) is 30.3 Å². The molecule has 6 nitrogen and oxygen atoms in total. The molecule has 2 heterocycles. The monoisotopic (exact) mass is 361 g/mol. The Morgan fingerprint density at radius 1 is 1.00 bits per heavy atom. The average molecular weight is 361 g/mol. The number of hydrogen-bond acceptors (Lipinski definition) is 5. The zero-order chi connectivity index (χ0) is 18.6. The number of benzene rings is 2. The summed E-state index contributed by atoms with van der Waals surface area (Å²) in [6.45, 7) is 0.858. The molecule has 0 aliphatic heterocycles. The molecular formula is C21H19N3O3. The van der Waals surface area contributed by atoms with E-state index >= 15 is 0 Å². The molecule has 0 bridgehead atoms. The van der Waals surface area contributed by atoms with Crippen molar-refractivity contribution < 1.29 is 14.6 Å². The maximum Gasteiger partial charge on any atom is 0.203 e. The van der Waals surface area contributed by atoms with E-state index in [1.165, 1.54) is 0 Å². The van der Waals surface area contributed by atoms with Crippen molar-refractivity contribution in [3.63, 3.8) is 0 Å². The van der Waals surface area contributed by atoms with Crippen molar-refractivity contribution >= 4 is 11.2 Å². The van der Waals surface area contributed by atoms with Crippen LogP contribution in [-0.4, -0.2) is 26.8 Å². The second-order valence-electron chi connectivity index (χ2n) is 6.14. The molecule has 0 spiro atoms. The minimum absolute atomic E-state index is 0.0395. The summed E-state index contributed by atoms with van der Waals surface area (Å²) in [5, 5.41) is 10.5. The fourth-order valence-electron chi connectivity index (χ4n) is 2.97. The third-order valence-electron chi connectivity index (χ3n) is 4.27. The maximum atomic E-state index is 10.5. The average Bonchev–Trinajstić information content (AvgIpc) is 3.10. The number of rotatable bonds is 6. The van der Waals surface area contributed by atoms with E-state index in [0.717, 1.165) is 22.3 Å². The van der Waals surface area contributed by atoms with Gasteiger partial charge in [-0.05, 0) is 35.4 Å².